The molecule has 0 aliphatic carbocycles. The molecule has 0 saturated carbocycles. The first-order chi connectivity index (χ1) is 19.7. The summed E-state index contributed by atoms with van der Waals surface area (Å²) in [5.74, 6) is 0.372. The van der Waals surface area contributed by atoms with E-state index < -0.39 is 0 Å². The Hall–Kier alpha value is -4.48. The van der Waals surface area contributed by atoms with E-state index >= 15 is 0 Å². The standard InChI is InChI=1S/C35H33N3O2/c1-2-30(25-13-5-3-6-14-25)37-35(39)32-29-19-11-12-20-31(29)36-33(26-15-7-4-8-16-26)34(32)40-22-21-38-23-27-17-9-10-18-28(27)24-38/h3-20,30H,2,21-24H2,1H3,(H,37,39)/t30-/m0/s1. The van der Waals surface area contributed by atoms with Crippen molar-refractivity contribution in [1.82, 2.24) is 15.2 Å². The van der Waals surface area contributed by atoms with Crippen molar-refractivity contribution < 1.29 is 9.53 Å². The number of para-hydroxylation sites is 1. The number of amides is 1. The van der Waals surface area contributed by atoms with Gasteiger partial charge in [-0.2, -0.15) is 0 Å². The Bertz CT molecular complexity index is 1590. The Kier molecular flexibility index (Phi) is 7.56. The van der Waals surface area contributed by atoms with Crippen LogP contribution < -0.4 is 10.1 Å². The molecule has 0 radical (unpaired) electrons. The molecule has 1 aliphatic heterocycles. The Balaban J connectivity index is 1.36. The fourth-order valence-electron chi connectivity index (χ4n) is 5.53. The number of benzene rings is 4. The summed E-state index contributed by atoms with van der Waals surface area (Å²) in [5, 5.41) is 4.08. The quantitative estimate of drug-likeness (QED) is 0.221. The second-order valence-electron chi connectivity index (χ2n) is 10.2. The minimum atomic E-state index is -0.157. The van der Waals surface area contributed by atoms with Crippen LogP contribution in [0.3, 0.4) is 0 Å². The Morgan fingerprint density at radius 3 is 2.17 bits per heavy atom. The molecule has 1 N–H and O–H groups in total. The lowest BCUT2D eigenvalue weighted by Crippen LogP contribution is -2.29. The Morgan fingerprint density at radius 2 is 1.48 bits per heavy atom. The maximum atomic E-state index is 14.1. The van der Waals surface area contributed by atoms with Gasteiger partial charge in [-0.3, -0.25) is 9.69 Å². The maximum absolute atomic E-state index is 14.1. The van der Waals surface area contributed by atoms with Crippen molar-refractivity contribution in [3.8, 4) is 17.0 Å². The van der Waals surface area contributed by atoms with Crippen LogP contribution in [0.1, 0.15) is 46.4 Å². The zero-order valence-electron chi connectivity index (χ0n) is 22.7. The predicted octanol–water partition coefficient (Wildman–Crippen LogP) is 7.18. The van der Waals surface area contributed by atoms with Crippen LogP contribution in [0, 0.1) is 0 Å². The van der Waals surface area contributed by atoms with Gasteiger partial charge in [-0.15, -0.1) is 0 Å². The molecule has 40 heavy (non-hydrogen) atoms. The van der Waals surface area contributed by atoms with Crippen LogP contribution in [-0.2, 0) is 13.1 Å². The molecule has 1 amide bonds. The fourth-order valence-corrected chi connectivity index (χ4v) is 5.53. The molecule has 1 aliphatic rings. The number of hydrogen-bond donors (Lipinski definition) is 1. The average molecular weight is 528 g/mol. The minimum absolute atomic E-state index is 0.114. The van der Waals surface area contributed by atoms with Gasteiger partial charge in [-0.05, 0) is 29.2 Å². The number of aromatic nitrogens is 1. The summed E-state index contributed by atoms with van der Waals surface area (Å²) in [7, 11) is 0. The van der Waals surface area contributed by atoms with E-state index in [-0.39, 0.29) is 11.9 Å². The van der Waals surface area contributed by atoms with E-state index in [1.807, 2.05) is 72.8 Å². The molecule has 5 heteroatoms. The number of nitrogens with zero attached hydrogens (tertiary/aromatic N) is 2. The zero-order chi connectivity index (χ0) is 27.3. The van der Waals surface area contributed by atoms with Gasteiger partial charge < -0.3 is 10.1 Å². The number of rotatable bonds is 9. The van der Waals surface area contributed by atoms with Gasteiger partial charge >= 0.3 is 0 Å². The molecule has 200 valence electrons. The summed E-state index contributed by atoms with van der Waals surface area (Å²) >= 11 is 0. The average Bonchev–Trinajstić information content (AvgIpc) is 3.43. The van der Waals surface area contributed by atoms with Gasteiger partial charge in [-0.1, -0.05) is 110 Å². The Morgan fingerprint density at radius 1 is 0.850 bits per heavy atom. The lowest BCUT2D eigenvalue weighted by molar-refractivity contribution is 0.0932. The molecular weight excluding hydrogens is 494 g/mol. The molecule has 2 heterocycles. The van der Waals surface area contributed by atoms with E-state index in [9.17, 15) is 4.79 Å². The van der Waals surface area contributed by atoms with Gasteiger partial charge in [0.15, 0.2) is 5.75 Å². The van der Waals surface area contributed by atoms with Crippen LogP contribution in [0.15, 0.2) is 109 Å². The monoisotopic (exact) mass is 527 g/mol. The molecule has 1 aromatic heterocycles. The van der Waals surface area contributed by atoms with Crippen molar-refractivity contribution in [2.24, 2.45) is 0 Å². The maximum Gasteiger partial charge on any atom is 0.256 e. The number of ether oxygens (including phenoxy) is 1. The van der Waals surface area contributed by atoms with E-state index in [0.717, 1.165) is 48.1 Å². The summed E-state index contributed by atoms with van der Waals surface area (Å²) in [4.78, 5) is 21.5. The summed E-state index contributed by atoms with van der Waals surface area (Å²) in [6.45, 7) is 5.10. The highest BCUT2D eigenvalue weighted by Crippen LogP contribution is 2.37. The van der Waals surface area contributed by atoms with Crippen LogP contribution >= 0.6 is 0 Å². The normalized spacial score (nSPS) is 13.6. The predicted molar refractivity (Wildman–Crippen MR) is 160 cm³/mol. The van der Waals surface area contributed by atoms with Crippen LogP contribution in [0.25, 0.3) is 22.2 Å². The van der Waals surface area contributed by atoms with Gasteiger partial charge in [0.1, 0.15) is 12.3 Å². The first kappa shape index (κ1) is 25.8. The van der Waals surface area contributed by atoms with Crippen LogP contribution in [0.5, 0.6) is 5.75 Å². The molecule has 0 saturated heterocycles. The van der Waals surface area contributed by atoms with Gasteiger partial charge in [0.2, 0.25) is 0 Å². The molecule has 0 unspecified atom stereocenters. The number of carbonyl (C=O) groups excluding carboxylic acids is 1. The van der Waals surface area contributed by atoms with Crippen molar-refractivity contribution in [3.63, 3.8) is 0 Å². The third-order valence-electron chi connectivity index (χ3n) is 7.60. The summed E-state index contributed by atoms with van der Waals surface area (Å²) < 4.78 is 6.57. The van der Waals surface area contributed by atoms with Crippen LogP contribution in [0.4, 0.5) is 0 Å². The molecule has 5 nitrogen and oxygen atoms in total. The zero-order valence-corrected chi connectivity index (χ0v) is 22.7. The number of nitrogens with one attached hydrogen (secondary N) is 1. The van der Waals surface area contributed by atoms with Gasteiger partial charge in [0, 0.05) is 30.6 Å². The molecule has 0 bridgehead atoms. The van der Waals surface area contributed by atoms with E-state index in [1.165, 1.54) is 11.1 Å². The van der Waals surface area contributed by atoms with Gasteiger partial charge in [0.25, 0.3) is 5.91 Å². The number of carbonyl (C=O) groups is 1. The first-order valence-electron chi connectivity index (χ1n) is 14.0. The third-order valence-corrected chi connectivity index (χ3v) is 7.60. The van der Waals surface area contributed by atoms with E-state index in [2.05, 4.69) is 53.5 Å². The lowest BCUT2D eigenvalue weighted by Gasteiger charge is -2.22. The topological polar surface area (TPSA) is 54.5 Å². The number of hydrogen-bond acceptors (Lipinski definition) is 4. The third kappa shape index (κ3) is 5.33. The molecule has 4 aromatic carbocycles. The fraction of sp³-hybridized carbons (Fsp3) is 0.200. The smallest absolute Gasteiger partial charge is 0.256 e. The van der Waals surface area contributed by atoms with Gasteiger partial charge in [-0.25, -0.2) is 4.98 Å². The number of fused-ring (bicyclic) bond motifs is 2. The van der Waals surface area contributed by atoms with Crippen molar-refractivity contribution in [3.05, 3.63) is 131 Å². The minimum Gasteiger partial charge on any atom is -0.489 e. The second-order valence-corrected chi connectivity index (χ2v) is 10.2. The molecule has 1 atom stereocenters. The highest BCUT2D eigenvalue weighted by atomic mass is 16.5. The molecule has 0 fully saturated rings. The van der Waals surface area contributed by atoms with E-state index in [1.54, 1.807) is 0 Å². The lowest BCUT2D eigenvalue weighted by atomic mass is 10.00. The van der Waals surface area contributed by atoms with Crippen molar-refractivity contribution in [2.75, 3.05) is 13.2 Å². The van der Waals surface area contributed by atoms with Crippen LogP contribution in [0.2, 0.25) is 0 Å². The Labute approximate surface area is 235 Å². The van der Waals surface area contributed by atoms with E-state index in [0.29, 0.717) is 23.6 Å². The summed E-state index contributed by atoms with van der Waals surface area (Å²) in [5.41, 5.74) is 6.71. The largest absolute Gasteiger partial charge is 0.489 e. The number of pyridine rings is 1. The first-order valence-corrected chi connectivity index (χ1v) is 14.0. The highest BCUT2D eigenvalue weighted by Gasteiger charge is 2.26. The van der Waals surface area contributed by atoms with Crippen molar-refractivity contribution in [1.29, 1.82) is 0 Å². The van der Waals surface area contributed by atoms with Gasteiger partial charge in [0.05, 0.1) is 17.1 Å². The molecule has 5 aromatic rings. The van der Waals surface area contributed by atoms with Crippen molar-refractivity contribution in [2.45, 2.75) is 32.5 Å². The summed E-state index contributed by atoms with van der Waals surface area (Å²) in [6, 6.07) is 36.4. The molecule has 6 rings (SSSR count). The molecular formula is C35H33N3O2. The summed E-state index contributed by atoms with van der Waals surface area (Å²) in [6.07, 6.45) is 0.774. The molecule has 0 spiro atoms. The van der Waals surface area contributed by atoms with Crippen LogP contribution in [-0.4, -0.2) is 28.9 Å². The van der Waals surface area contributed by atoms with E-state index in [4.69, 9.17) is 9.72 Å². The van der Waals surface area contributed by atoms with Crippen molar-refractivity contribution >= 4 is 16.8 Å². The SMILES string of the molecule is CC[C@H](NC(=O)c1c(OCCN2Cc3ccccc3C2)c(-c2ccccc2)nc2ccccc12)c1ccccc1. The second kappa shape index (κ2) is 11.7. The highest BCUT2D eigenvalue weighted by molar-refractivity contribution is 6.10.